The monoisotopic (exact) mass is 579 g/mol. The Balaban J connectivity index is 2.72. The van der Waals surface area contributed by atoms with Crippen molar-refractivity contribution in [2.24, 2.45) is 0 Å². The van der Waals surface area contributed by atoms with Crippen LogP contribution in [0.3, 0.4) is 0 Å². The molecule has 1 amide bonds. The van der Waals surface area contributed by atoms with Crippen LogP contribution in [-0.2, 0) is 14.3 Å². The van der Waals surface area contributed by atoms with E-state index in [4.69, 9.17) is 9.47 Å². The first-order valence-electron chi connectivity index (χ1n) is 15.4. The maximum atomic E-state index is 12.8. The van der Waals surface area contributed by atoms with Crippen molar-refractivity contribution >= 4 is 5.91 Å². The molecular weight excluding hydrogens is 522 g/mol. The number of hydrogen-bond acceptors (Lipinski definition) is 10. The largest absolute Gasteiger partial charge is 0.394 e. The van der Waals surface area contributed by atoms with E-state index in [1.54, 1.807) is 0 Å². The summed E-state index contributed by atoms with van der Waals surface area (Å²) in [5, 5.41) is 74.2. The van der Waals surface area contributed by atoms with Gasteiger partial charge in [0, 0.05) is 0 Å². The van der Waals surface area contributed by atoms with Gasteiger partial charge in [-0.1, -0.05) is 97.3 Å². The van der Waals surface area contributed by atoms with Crippen LogP contribution < -0.4 is 5.32 Å². The summed E-state index contributed by atoms with van der Waals surface area (Å²) in [6, 6.07) is -1.15. The third-order valence-corrected chi connectivity index (χ3v) is 7.66. The maximum absolute atomic E-state index is 12.8. The average molecular weight is 580 g/mol. The lowest BCUT2D eigenvalue weighted by Gasteiger charge is -2.40. The minimum Gasteiger partial charge on any atom is -0.394 e. The lowest BCUT2D eigenvalue weighted by Crippen LogP contribution is -2.60. The Morgan fingerprint density at radius 1 is 0.775 bits per heavy atom. The van der Waals surface area contributed by atoms with Gasteiger partial charge in [-0.3, -0.25) is 4.79 Å². The van der Waals surface area contributed by atoms with Gasteiger partial charge in [-0.15, -0.1) is 0 Å². The lowest BCUT2D eigenvalue weighted by molar-refractivity contribution is -0.303. The predicted molar refractivity (Wildman–Crippen MR) is 150 cm³/mol. The number of carbonyl (C=O) groups excluding carboxylic acids is 1. The molecule has 40 heavy (non-hydrogen) atoms. The van der Waals surface area contributed by atoms with E-state index < -0.39 is 74.2 Å². The van der Waals surface area contributed by atoms with Crippen LogP contribution in [0.2, 0.25) is 0 Å². The normalized spacial score (nSPS) is 26.3. The number of ether oxygens (including phenoxy) is 2. The highest BCUT2D eigenvalue weighted by Gasteiger charge is 2.44. The summed E-state index contributed by atoms with van der Waals surface area (Å²) in [4.78, 5) is 12.8. The molecule has 0 radical (unpaired) electrons. The number of rotatable bonds is 23. The van der Waals surface area contributed by atoms with Gasteiger partial charge < -0.3 is 50.5 Å². The molecule has 0 aliphatic carbocycles. The minimum absolute atomic E-state index is 0.260. The zero-order valence-electron chi connectivity index (χ0n) is 24.6. The highest BCUT2D eigenvalue weighted by Crippen LogP contribution is 2.23. The molecule has 1 rings (SSSR count). The number of nitrogens with one attached hydrogen (secondary N) is 1. The fraction of sp³-hybridized carbons (Fsp3) is 0.966. The molecule has 1 aliphatic rings. The van der Waals surface area contributed by atoms with E-state index in [1.165, 1.54) is 19.3 Å². The highest BCUT2D eigenvalue weighted by atomic mass is 16.7. The van der Waals surface area contributed by atoms with Gasteiger partial charge in [0.2, 0.25) is 5.91 Å². The molecule has 8 N–H and O–H groups in total. The molecule has 9 atom stereocenters. The Bertz CT molecular complexity index is 640. The molecule has 0 aromatic carbocycles. The average Bonchev–Trinajstić information content (AvgIpc) is 2.95. The molecule has 1 aliphatic heterocycles. The quantitative estimate of drug-likeness (QED) is 0.0818. The van der Waals surface area contributed by atoms with Crippen molar-refractivity contribution < 1.29 is 50.0 Å². The highest BCUT2D eigenvalue weighted by molar-refractivity contribution is 5.80. The second kappa shape index (κ2) is 21.8. The fourth-order valence-electron chi connectivity index (χ4n) is 4.91. The molecule has 238 valence electrons. The summed E-state index contributed by atoms with van der Waals surface area (Å²) in [5.41, 5.74) is 0. The number of hydrogen-bond donors (Lipinski definition) is 8. The van der Waals surface area contributed by atoms with Crippen LogP contribution in [0.1, 0.15) is 110 Å². The van der Waals surface area contributed by atoms with Gasteiger partial charge in [0.25, 0.3) is 0 Å². The van der Waals surface area contributed by atoms with Crippen molar-refractivity contribution in [1.29, 1.82) is 0 Å². The summed E-state index contributed by atoms with van der Waals surface area (Å²) >= 11 is 0. The van der Waals surface area contributed by atoms with Crippen LogP contribution >= 0.6 is 0 Å². The Kier molecular flexibility index (Phi) is 20.2. The van der Waals surface area contributed by atoms with Gasteiger partial charge in [0.05, 0.1) is 25.4 Å². The van der Waals surface area contributed by atoms with Gasteiger partial charge in [0.1, 0.15) is 36.6 Å². The second-order valence-corrected chi connectivity index (χ2v) is 11.2. The van der Waals surface area contributed by atoms with Gasteiger partial charge in [0.15, 0.2) is 6.29 Å². The van der Waals surface area contributed by atoms with E-state index >= 15 is 0 Å². The number of unbranched alkanes of at least 4 members (excludes halogenated alkanes) is 11. The Labute approximate surface area is 239 Å². The van der Waals surface area contributed by atoms with Crippen LogP contribution in [0.4, 0.5) is 0 Å². The zero-order valence-corrected chi connectivity index (χ0v) is 24.6. The second-order valence-electron chi connectivity index (χ2n) is 11.2. The summed E-state index contributed by atoms with van der Waals surface area (Å²) in [6.07, 6.45) is 2.46. The molecule has 0 spiro atoms. The molecule has 11 heteroatoms. The Morgan fingerprint density at radius 2 is 1.30 bits per heavy atom. The molecule has 0 saturated carbocycles. The van der Waals surface area contributed by atoms with Crippen molar-refractivity contribution in [2.45, 2.75) is 165 Å². The van der Waals surface area contributed by atoms with Gasteiger partial charge >= 0.3 is 0 Å². The van der Waals surface area contributed by atoms with E-state index in [2.05, 4.69) is 19.2 Å². The number of amides is 1. The van der Waals surface area contributed by atoms with E-state index in [0.717, 1.165) is 51.4 Å². The Hall–Kier alpha value is -0.890. The third-order valence-electron chi connectivity index (χ3n) is 7.66. The van der Waals surface area contributed by atoms with Crippen LogP contribution in [0.15, 0.2) is 0 Å². The van der Waals surface area contributed by atoms with Crippen LogP contribution in [0.25, 0.3) is 0 Å². The molecule has 1 heterocycles. The van der Waals surface area contributed by atoms with Crippen LogP contribution in [0, 0.1) is 0 Å². The third kappa shape index (κ3) is 13.8. The van der Waals surface area contributed by atoms with E-state index in [-0.39, 0.29) is 6.42 Å². The fourth-order valence-corrected chi connectivity index (χ4v) is 4.91. The van der Waals surface area contributed by atoms with Crippen LogP contribution in [-0.4, -0.2) is 110 Å². The van der Waals surface area contributed by atoms with Gasteiger partial charge in [-0.25, -0.2) is 0 Å². The first-order valence-corrected chi connectivity index (χ1v) is 15.4. The van der Waals surface area contributed by atoms with Crippen molar-refractivity contribution in [3.63, 3.8) is 0 Å². The lowest BCUT2D eigenvalue weighted by atomic mass is 9.98. The summed E-state index contributed by atoms with van der Waals surface area (Å²) in [6.45, 7) is 3.23. The van der Waals surface area contributed by atoms with Crippen LogP contribution in [0.5, 0.6) is 0 Å². The SMILES string of the molecule is CCCCCCCCC[C@@H](O)C(=O)N[C@@H](CO[C@H]1OC(CO)[C@H](O)[C@H](O)C1O)[C@H](O)[C@H](O)CCCCCCCC. The standard InChI is InChI=1S/C29H57NO10/c1-3-5-7-9-11-13-15-17-22(33)28(38)30-20(24(34)21(32)16-14-12-10-8-6-4-2)19-39-29-27(37)26(36)25(35)23(18-31)40-29/h20-27,29,31-37H,3-19H2,1-2H3,(H,30,38)/t20-,21+,22+,23?,24-,25-,26-,27?,29-/m0/s1. The number of carbonyl (C=O) groups is 1. The molecule has 2 unspecified atom stereocenters. The number of aliphatic hydroxyl groups excluding tert-OH is 7. The summed E-state index contributed by atoms with van der Waals surface area (Å²) < 4.78 is 10.9. The smallest absolute Gasteiger partial charge is 0.249 e. The van der Waals surface area contributed by atoms with Crippen molar-refractivity contribution in [3.8, 4) is 0 Å². The summed E-state index contributed by atoms with van der Waals surface area (Å²) in [5.74, 6) is -0.709. The van der Waals surface area contributed by atoms with Crippen molar-refractivity contribution in [3.05, 3.63) is 0 Å². The first kappa shape index (κ1) is 37.1. The molecular formula is C29H57NO10. The molecule has 0 bridgehead atoms. The van der Waals surface area contributed by atoms with E-state index in [9.17, 15) is 40.5 Å². The van der Waals surface area contributed by atoms with Crippen molar-refractivity contribution in [2.75, 3.05) is 13.2 Å². The van der Waals surface area contributed by atoms with Crippen molar-refractivity contribution in [1.82, 2.24) is 5.32 Å². The van der Waals surface area contributed by atoms with Gasteiger partial charge in [-0.05, 0) is 12.8 Å². The molecule has 11 nitrogen and oxygen atoms in total. The molecule has 0 aromatic heterocycles. The first-order chi connectivity index (χ1) is 19.2. The zero-order chi connectivity index (χ0) is 29.9. The molecule has 1 saturated heterocycles. The van der Waals surface area contributed by atoms with E-state index in [1.807, 2.05) is 0 Å². The minimum atomic E-state index is -1.65. The maximum Gasteiger partial charge on any atom is 0.249 e. The molecule has 0 aromatic rings. The Morgan fingerprint density at radius 3 is 1.85 bits per heavy atom. The molecule has 1 fully saturated rings. The predicted octanol–water partition coefficient (Wildman–Crippen LogP) is 1.26. The van der Waals surface area contributed by atoms with Gasteiger partial charge in [-0.2, -0.15) is 0 Å². The number of aliphatic hydroxyl groups is 7. The summed E-state index contributed by atoms with van der Waals surface area (Å²) in [7, 11) is 0. The topological polar surface area (TPSA) is 189 Å². The van der Waals surface area contributed by atoms with E-state index in [0.29, 0.717) is 19.3 Å².